The molecule has 0 aromatic carbocycles. The molecular weight excluding hydrogens is 284 g/mol. The number of nitrogens with one attached hydrogen (secondary N) is 1. The van der Waals surface area contributed by atoms with Crippen molar-refractivity contribution >= 4 is 9.53 Å². The van der Waals surface area contributed by atoms with Crippen LogP contribution in [0.25, 0.3) is 0 Å². The van der Waals surface area contributed by atoms with Gasteiger partial charge in [0.05, 0.1) is 0 Å². The molecule has 1 atom stereocenters. The molecular formula is C15H36N2O3Si. The van der Waals surface area contributed by atoms with E-state index >= 15 is 0 Å². The average Bonchev–Trinajstić information content (AvgIpc) is 2.47. The first kappa shape index (κ1) is 21.0. The first-order valence-electron chi connectivity index (χ1n) is 8.50. The van der Waals surface area contributed by atoms with Gasteiger partial charge < -0.3 is 24.3 Å². The normalized spacial score (nSPS) is 13.0. The molecule has 5 nitrogen and oxygen atoms in total. The highest BCUT2D eigenvalue weighted by molar-refractivity contribution is 6.36. The van der Waals surface area contributed by atoms with E-state index in [1.807, 2.05) is 0 Å². The average molecular weight is 321 g/mol. The van der Waals surface area contributed by atoms with Crippen LogP contribution in [-0.4, -0.2) is 49.0 Å². The molecule has 21 heavy (non-hydrogen) atoms. The Bertz CT molecular complexity index is 201. The third-order valence-electron chi connectivity index (χ3n) is 3.18. The van der Waals surface area contributed by atoms with Gasteiger partial charge in [-0.05, 0) is 31.7 Å². The lowest BCUT2D eigenvalue weighted by molar-refractivity contribution is 0.0868. The molecule has 0 aliphatic carbocycles. The molecule has 128 valence electrons. The molecule has 0 fully saturated rings. The quantitative estimate of drug-likeness (QED) is 0.336. The Morgan fingerprint density at radius 2 is 1.57 bits per heavy atom. The molecule has 0 aromatic rings. The van der Waals surface area contributed by atoms with Crippen LogP contribution in [0.2, 0.25) is 0 Å². The molecule has 0 amide bonds. The van der Waals surface area contributed by atoms with Gasteiger partial charge in [-0.1, -0.05) is 33.6 Å². The lowest BCUT2D eigenvalue weighted by Gasteiger charge is -2.18. The molecule has 3 N–H and O–H groups in total. The van der Waals surface area contributed by atoms with Gasteiger partial charge in [0.1, 0.15) is 0 Å². The van der Waals surface area contributed by atoms with Crippen molar-refractivity contribution in [3.05, 3.63) is 0 Å². The van der Waals surface area contributed by atoms with Gasteiger partial charge in [0.15, 0.2) is 0 Å². The Morgan fingerprint density at radius 1 is 1.00 bits per heavy atom. The van der Waals surface area contributed by atoms with Gasteiger partial charge in [-0.25, -0.2) is 0 Å². The number of unbranched alkanes of at least 4 members (excludes halogenated alkanes) is 2. The fraction of sp³-hybridized carbons (Fsp3) is 1.00. The van der Waals surface area contributed by atoms with Crippen molar-refractivity contribution in [3.63, 3.8) is 0 Å². The minimum absolute atomic E-state index is 0.581. The van der Waals surface area contributed by atoms with Gasteiger partial charge in [-0.15, -0.1) is 0 Å². The van der Waals surface area contributed by atoms with Crippen LogP contribution in [0.15, 0.2) is 0 Å². The predicted octanol–water partition coefficient (Wildman–Crippen LogP) is 1.93. The van der Waals surface area contributed by atoms with Crippen LogP contribution in [0.3, 0.4) is 0 Å². The summed E-state index contributed by atoms with van der Waals surface area (Å²) in [7, 11) is -1.93. The van der Waals surface area contributed by atoms with Crippen molar-refractivity contribution in [1.82, 2.24) is 5.32 Å². The summed E-state index contributed by atoms with van der Waals surface area (Å²) in [5.74, 6) is 0.581. The topological polar surface area (TPSA) is 65.7 Å². The Hall–Kier alpha value is 0.0169. The van der Waals surface area contributed by atoms with E-state index in [-0.39, 0.29) is 0 Å². The van der Waals surface area contributed by atoms with E-state index in [4.69, 9.17) is 19.0 Å². The Kier molecular flexibility index (Phi) is 16.4. The summed E-state index contributed by atoms with van der Waals surface area (Å²) in [5, 5.41) is 3.33. The van der Waals surface area contributed by atoms with Crippen LogP contribution in [-0.2, 0) is 13.3 Å². The summed E-state index contributed by atoms with van der Waals surface area (Å²) in [6.45, 7) is 11.3. The van der Waals surface area contributed by atoms with Crippen molar-refractivity contribution in [2.75, 3.05) is 39.5 Å². The van der Waals surface area contributed by atoms with Crippen molar-refractivity contribution in [3.8, 4) is 0 Å². The summed E-state index contributed by atoms with van der Waals surface area (Å²) in [4.78, 5) is 0. The fourth-order valence-electron chi connectivity index (χ4n) is 1.71. The zero-order chi connectivity index (χ0) is 15.8. The van der Waals surface area contributed by atoms with Crippen molar-refractivity contribution in [2.45, 2.75) is 52.9 Å². The molecule has 0 saturated carbocycles. The first-order chi connectivity index (χ1) is 10.2. The van der Waals surface area contributed by atoms with Gasteiger partial charge in [-0.2, -0.15) is 0 Å². The molecule has 0 spiro atoms. The van der Waals surface area contributed by atoms with Crippen LogP contribution < -0.4 is 11.1 Å². The maximum Gasteiger partial charge on any atom is 0.484 e. The third kappa shape index (κ3) is 14.7. The summed E-state index contributed by atoms with van der Waals surface area (Å²) in [5.41, 5.74) is 5.46. The summed E-state index contributed by atoms with van der Waals surface area (Å²) >= 11 is 0. The van der Waals surface area contributed by atoms with Crippen LogP contribution in [0.5, 0.6) is 0 Å². The van der Waals surface area contributed by atoms with E-state index in [9.17, 15) is 0 Å². The van der Waals surface area contributed by atoms with Gasteiger partial charge in [0.25, 0.3) is 0 Å². The molecule has 6 heteroatoms. The molecule has 0 aliphatic rings. The number of nitrogens with two attached hydrogens (primary N) is 1. The SMILES string of the molecule is CCCCO[SiH](OCCCC)OCCC(C)CNCCN. The number of hydrogen-bond acceptors (Lipinski definition) is 5. The monoisotopic (exact) mass is 320 g/mol. The highest BCUT2D eigenvalue weighted by Gasteiger charge is 2.15. The number of hydrogen-bond donors (Lipinski definition) is 2. The van der Waals surface area contributed by atoms with E-state index in [1.54, 1.807) is 0 Å². The van der Waals surface area contributed by atoms with E-state index in [0.29, 0.717) is 12.5 Å². The molecule has 0 rings (SSSR count). The summed E-state index contributed by atoms with van der Waals surface area (Å²) in [6, 6.07) is 0. The van der Waals surface area contributed by atoms with E-state index in [1.165, 1.54) is 0 Å². The second-order valence-corrected chi connectivity index (χ2v) is 7.07. The predicted molar refractivity (Wildman–Crippen MR) is 90.5 cm³/mol. The molecule has 0 heterocycles. The Labute approximate surface area is 132 Å². The van der Waals surface area contributed by atoms with Gasteiger partial charge in [0.2, 0.25) is 0 Å². The van der Waals surface area contributed by atoms with Gasteiger partial charge >= 0.3 is 9.53 Å². The molecule has 0 saturated heterocycles. The highest BCUT2D eigenvalue weighted by Crippen LogP contribution is 2.04. The van der Waals surface area contributed by atoms with Crippen LogP contribution >= 0.6 is 0 Å². The van der Waals surface area contributed by atoms with Crippen molar-refractivity contribution in [1.29, 1.82) is 0 Å². The molecule has 0 radical (unpaired) electrons. The zero-order valence-corrected chi connectivity index (χ0v) is 15.4. The maximum absolute atomic E-state index is 5.85. The van der Waals surface area contributed by atoms with E-state index < -0.39 is 9.53 Å². The third-order valence-corrected chi connectivity index (χ3v) is 4.71. The highest BCUT2D eigenvalue weighted by atomic mass is 28.3. The Morgan fingerprint density at radius 3 is 2.10 bits per heavy atom. The second kappa shape index (κ2) is 16.4. The van der Waals surface area contributed by atoms with Crippen LogP contribution in [0, 0.1) is 5.92 Å². The second-order valence-electron chi connectivity index (χ2n) is 5.49. The first-order valence-corrected chi connectivity index (χ1v) is 9.91. The van der Waals surface area contributed by atoms with Crippen LogP contribution in [0.4, 0.5) is 0 Å². The van der Waals surface area contributed by atoms with Gasteiger partial charge in [0, 0.05) is 32.9 Å². The molecule has 0 bridgehead atoms. The van der Waals surface area contributed by atoms with Crippen LogP contribution in [0.1, 0.15) is 52.9 Å². The molecule has 0 aromatic heterocycles. The van der Waals surface area contributed by atoms with E-state index in [2.05, 4.69) is 26.1 Å². The fourth-order valence-corrected chi connectivity index (χ4v) is 3.05. The lowest BCUT2D eigenvalue weighted by atomic mass is 10.1. The smallest absolute Gasteiger partial charge is 0.376 e. The number of rotatable bonds is 16. The largest absolute Gasteiger partial charge is 0.484 e. The molecule has 0 aliphatic heterocycles. The van der Waals surface area contributed by atoms with E-state index in [0.717, 1.165) is 65.0 Å². The summed E-state index contributed by atoms with van der Waals surface area (Å²) < 4.78 is 17.4. The lowest BCUT2D eigenvalue weighted by Crippen LogP contribution is -2.30. The standard InChI is InChI=1S/C15H36N2O3Si/c1-4-6-11-18-21(19-12-7-5-2)20-13-8-15(3)14-17-10-9-16/h15,17,21H,4-14,16H2,1-3H3. The van der Waals surface area contributed by atoms with Crippen molar-refractivity contribution < 1.29 is 13.3 Å². The maximum atomic E-state index is 5.85. The van der Waals surface area contributed by atoms with Crippen molar-refractivity contribution in [2.24, 2.45) is 11.7 Å². The molecule has 1 unspecified atom stereocenters. The van der Waals surface area contributed by atoms with Gasteiger partial charge in [-0.3, -0.25) is 0 Å². The zero-order valence-electron chi connectivity index (χ0n) is 14.2. The summed E-state index contributed by atoms with van der Waals surface area (Å²) in [6.07, 6.45) is 5.45. The minimum atomic E-state index is -1.93. The minimum Gasteiger partial charge on any atom is -0.376 e. The Balaban J connectivity index is 3.75.